The van der Waals surface area contributed by atoms with Crippen LogP contribution in [-0.4, -0.2) is 7.11 Å². The Morgan fingerprint density at radius 1 is 0.875 bits per heavy atom. The fourth-order valence-corrected chi connectivity index (χ4v) is 1.36. The second kappa shape index (κ2) is 7.43. The van der Waals surface area contributed by atoms with Crippen molar-refractivity contribution in [2.45, 2.75) is 0 Å². The summed E-state index contributed by atoms with van der Waals surface area (Å²) in [7, 11) is 1.67. The van der Waals surface area contributed by atoms with Gasteiger partial charge in [-0.2, -0.15) is 30.3 Å². The molecule has 78 valence electrons. The van der Waals surface area contributed by atoms with E-state index in [-0.39, 0.29) is 31.9 Å². The van der Waals surface area contributed by atoms with Crippen LogP contribution in [0.15, 0.2) is 48.5 Å². The van der Waals surface area contributed by atoms with Crippen LogP contribution < -0.4 is 17.1 Å². The number of rotatable bonds is 2. The van der Waals surface area contributed by atoms with Gasteiger partial charge >= 0.3 is 19.5 Å². The van der Waals surface area contributed by atoms with E-state index in [1.807, 2.05) is 48.5 Å². The molecule has 0 atom stereocenters. The van der Waals surface area contributed by atoms with Crippen molar-refractivity contribution < 1.29 is 36.6 Å². The Morgan fingerprint density at radius 3 is 1.88 bits per heavy atom. The summed E-state index contributed by atoms with van der Waals surface area (Å²) >= 11 is 0. The van der Waals surface area contributed by atoms with E-state index >= 15 is 0 Å². The van der Waals surface area contributed by atoms with Crippen LogP contribution >= 0.6 is 0 Å². The Morgan fingerprint density at radius 2 is 1.38 bits per heavy atom. The number of ether oxygens (including phenoxy) is 1. The topological polar surface area (TPSA) is 9.23 Å². The first-order valence-corrected chi connectivity index (χ1v) is 4.51. The first kappa shape index (κ1) is 15.2. The van der Waals surface area contributed by atoms with Crippen LogP contribution in [0, 0.1) is 6.07 Å². The molecule has 0 unspecified atom stereocenters. The van der Waals surface area contributed by atoms with Gasteiger partial charge in [-0.1, -0.05) is 12.1 Å². The molecule has 0 heterocycles. The van der Waals surface area contributed by atoms with Gasteiger partial charge in [0.1, 0.15) is 5.75 Å². The molecule has 0 saturated heterocycles. The van der Waals surface area contributed by atoms with E-state index in [1.165, 1.54) is 11.1 Å². The average Bonchev–Trinajstić information content (AvgIpc) is 2.30. The normalized spacial score (nSPS) is 8.56. The molecule has 0 fully saturated rings. The summed E-state index contributed by atoms with van der Waals surface area (Å²) in [6.45, 7) is 0. The molecule has 3 heteroatoms. The number of halogens is 1. The molecule has 0 N–H and O–H groups in total. The average molecular weight is 284 g/mol. The Bertz CT molecular complexity index is 400. The van der Waals surface area contributed by atoms with Crippen LogP contribution in [0.3, 0.4) is 0 Å². The number of hydrogen-bond donors (Lipinski definition) is 0. The molecule has 2 rings (SSSR count). The largest absolute Gasteiger partial charge is 2.00 e. The number of methoxy groups -OCH3 is 1. The maximum Gasteiger partial charge on any atom is 2.00 e. The minimum atomic E-state index is 0. The third kappa shape index (κ3) is 3.62. The van der Waals surface area contributed by atoms with Crippen molar-refractivity contribution in [2.75, 3.05) is 7.11 Å². The predicted molar refractivity (Wildman–Crippen MR) is 57.3 cm³/mol. The Balaban J connectivity index is 0.00000112. The number of benzene rings is 2. The monoisotopic (exact) mass is 282 g/mol. The fraction of sp³-hybridized carbons (Fsp3) is 0.0769. The van der Waals surface area contributed by atoms with E-state index in [2.05, 4.69) is 6.07 Å². The zero-order chi connectivity index (χ0) is 9.80. The van der Waals surface area contributed by atoms with Gasteiger partial charge in [-0.25, -0.2) is 0 Å². The van der Waals surface area contributed by atoms with Gasteiger partial charge in [0.2, 0.25) is 0 Å². The third-order valence-corrected chi connectivity index (χ3v) is 2.14. The smallest absolute Gasteiger partial charge is 1.00 e. The summed E-state index contributed by atoms with van der Waals surface area (Å²) in [5.41, 5.74) is 2.39. The van der Waals surface area contributed by atoms with E-state index in [4.69, 9.17) is 4.74 Å². The van der Waals surface area contributed by atoms with Crippen molar-refractivity contribution in [1.29, 1.82) is 0 Å². The van der Waals surface area contributed by atoms with Gasteiger partial charge in [0.25, 0.3) is 0 Å². The van der Waals surface area contributed by atoms with E-state index in [0.29, 0.717) is 0 Å². The Kier molecular flexibility index (Phi) is 7.04. The maximum absolute atomic E-state index is 5.10. The second-order valence-corrected chi connectivity index (χ2v) is 3.02. The summed E-state index contributed by atoms with van der Waals surface area (Å²) < 4.78 is 5.10. The second-order valence-electron chi connectivity index (χ2n) is 3.02. The maximum atomic E-state index is 5.10. The third-order valence-electron chi connectivity index (χ3n) is 2.14. The molecular formula is C13H11ClOZn. The van der Waals surface area contributed by atoms with E-state index < -0.39 is 0 Å². The van der Waals surface area contributed by atoms with Crippen LogP contribution in [0.25, 0.3) is 11.1 Å². The van der Waals surface area contributed by atoms with Crippen LogP contribution in [0.1, 0.15) is 0 Å². The molecule has 2 aromatic carbocycles. The van der Waals surface area contributed by atoms with Crippen LogP contribution in [0.4, 0.5) is 0 Å². The van der Waals surface area contributed by atoms with E-state index in [1.54, 1.807) is 7.11 Å². The van der Waals surface area contributed by atoms with Crippen LogP contribution in [0.2, 0.25) is 0 Å². The summed E-state index contributed by atoms with van der Waals surface area (Å²) in [6, 6.07) is 18.9. The molecule has 0 aliphatic heterocycles. The van der Waals surface area contributed by atoms with Gasteiger partial charge in [-0.3, -0.25) is 0 Å². The van der Waals surface area contributed by atoms with E-state index in [0.717, 1.165) is 5.75 Å². The molecule has 1 nitrogen and oxygen atoms in total. The van der Waals surface area contributed by atoms with Gasteiger partial charge in [-0.15, -0.1) is 5.56 Å². The standard InChI is InChI=1S/C13H11O.ClH.Zn/c1-14-13-9-7-12(8-10-13)11-5-3-2-4-6-11;;/h3-10H,1H3;1H;/q-1;;+2/p-1. The minimum Gasteiger partial charge on any atom is -1.00 e. The molecular weight excluding hydrogens is 273 g/mol. The van der Waals surface area contributed by atoms with Crippen molar-refractivity contribution in [3.8, 4) is 16.9 Å². The fourth-order valence-electron chi connectivity index (χ4n) is 1.36. The van der Waals surface area contributed by atoms with Gasteiger partial charge in [-0.05, 0) is 17.7 Å². The summed E-state index contributed by atoms with van der Waals surface area (Å²) in [6.07, 6.45) is 0. The SMILES string of the molecule is COc1ccc(-c2cc[c-]cc2)cc1.[Cl-].[Zn+2]. The zero-order valence-corrected chi connectivity index (χ0v) is 12.8. The molecule has 0 aromatic heterocycles. The molecule has 0 spiro atoms. The van der Waals surface area contributed by atoms with Crippen molar-refractivity contribution in [3.63, 3.8) is 0 Å². The Labute approximate surface area is 115 Å². The molecule has 0 aliphatic carbocycles. The molecule has 0 radical (unpaired) electrons. The molecule has 16 heavy (non-hydrogen) atoms. The van der Waals surface area contributed by atoms with Crippen molar-refractivity contribution in [2.24, 2.45) is 0 Å². The van der Waals surface area contributed by atoms with Crippen LogP contribution in [0.5, 0.6) is 5.75 Å². The van der Waals surface area contributed by atoms with Gasteiger partial charge in [0.05, 0.1) is 7.11 Å². The Hall–Kier alpha value is -0.847. The van der Waals surface area contributed by atoms with Gasteiger partial charge < -0.3 is 17.1 Å². The molecule has 0 saturated carbocycles. The molecule has 0 bridgehead atoms. The zero-order valence-electron chi connectivity index (χ0n) is 9.11. The quantitative estimate of drug-likeness (QED) is 0.564. The first-order valence-electron chi connectivity index (χ1n) is 4.51. The van der Waals surface area contributed by atoms with Crippen molar-refractivity contribution in [3.05, 3.63) is 54.6 Å². The summed E-state index contributed by atoms with van der Waals surface area (Å²) in [5.74, 6) is 0.885. The van der Waals surface area contributed by atoms with Crippen molar-refractivity contribution >= 4 is 0 Å². The predicted octanol–water partition coefficient (Wildman–Crippen LogP) is 0.164. The minimum absolute atomic E-state index is 0. The molecule has 2 aromatic rings. The molecule has 0 amide bonds. The van der Waals surface area contributed by atoms with E-state index in [9.17, 15) is 0 Å². The van der Waals surface area contributed by atoms with Crippen LogP contribution in [-0.2, 0) is 19.5 Å². The first-order chi connectivity index (χ1) is 6.90. The number of hydrogen-bond acceptors (Lipinski definition) is 1. The summed E-state index contributed by atoms with van der Waals surface area (Å²) in [5, 5.41) is 0. The molecule has 0 aliphatic rings. The summed E-state index contributed by atoms with van der Waals surface area (Å²) in [4.78, 5) is 0. The van der Waals surface area contributed by atoms with Crippen molar-refractivity contribution in [1.82, 2.24) is 0 Å². The van der Waals surface area contributed by atoms with Gasteiger partial charge in [0.15, 0.2) is 0 Å². The van der Waals surface area contributed by atoms with Gasteiger partial charge in [0, 0.05) is 0 Å².